The standard InChI is InChI=1S/C62H43N/c1-61(2)55-30-15-21-43-33-38-57(59(58(43)55)51-26-16-25-46(60(51)61)42-19-7-4-8-20-42)63(44-34-31-41(32-35-44)40-17-5-3-6-18-40)45-36-37-50-49-24-11-14-29-54(49)62(56(50)39-45)52-27-12-9-22-47(52)48-23-10-13-28-53(48)62/h3-39H,1-2H3. The largest absolute Gasteiger partial charge is 0.310 e. The maximum atomic E-state index is 2.54. The zero-order valence-electron chi connectivity index (χ0n) is 35.3. The van der Waals surface area contributed by atoms with Crippen molar-refractivity contribution < 1.29 is 0 Å². The summed E-state index contributed by atoms with van der Waals surface area (Å²) in [6, 6.07) is 84.0. The lowest BCUT2D eigenvalue weighted by Crippen LogP contribution is -2.26. The Kier molecular flexibility index (Phi) is 7.64. The van der Waals surface area contributed by atoms with Crippen molar-refractivity contribution in [2.75, 3.05) is 4.90 Å². The Morgan fingerprint density at radius 1 is 0.333 bits per heavy atom. The van der Waals surface area contributed by atoms with E-state index in [1.807, 2.05) is 0 Å². The van der Waals surface area contributed by atoms with Crippen LogP contribution in [0.15, 0.2) is 224 Å². The molecular formula is C62H43N. The van der Waals surface area contributed by atoms with Crippen molar-refractivity contribution in [2.45, 2.75) is 24.7 Å². The quantitative estimate of drug-likeness (QED) is 0.168. The molecule has 0 saturated carbocycles. The number of fused-ring (bicyclic) bond motifs is 12. The Bertz CT molecular complexity index is 3400. The highest BCUT2D eigenvalue weighted by molar-refractivity contribution is 6.11. The first-order chi connectivity index (χ1) is 31.0. The molecule has 0 N–H and O–H groups in total. The number of anilines is 3. The van der Waals surface area contributed by atoms with Crippen LogP contribution < -0.4 is 4.90 Å². The van der Waals surface area contributed by atoms with Crippen molar-refractivity contribution in [1.29, 1.82) is 0 Å². The van der Waals surface area contributed by atoms with Crippen molar-refractivity contribution in [3.8, 4) is 55.6 Å². The highest BCUT2D eigenvalue weighted by Crippen LogP contribution is 2.64. The van der Waals surface area contributed by atoms with Crippen LogP contribution >= 0.6 is 0 Å². The SMILES string of the molecule is CC1(C)c2c(-c3ccccc3)cccc2-c2c(N(c3ccc(-c4ccccc4)cc3)c3ccc4c(c3)C3(c5ccccc5-c5ccccc53)c3ccccc3-4)ccc3cccc1c23. The molecule has 0 unspecified atom stereocenters. The fourth-order valence-corrected chi connectivity index (χ4v) is 11.9. The van der Waals surface area contributed by atoms with Crippen molar-refractivity contribution in [3.63, 3.8) is 0 Å². The van der Waals surface area contributed by atoms with E-state index in [1.54, 1.807) is 0 Å². The summed E-state index contributed by atoms with van der Waals surface area (Å²) in [5.74, 6) is 0. The van der Waals surface area contributed by atoms with Crippen LogP contribution in [0.5, 0.6) is 0 Å². The second kappa shape index (κ2) is 13.4. The van der Waals surface area contributed by atoms with E-state index in [0.29, 0.717) is 0 Å². The predicted molar refractivity (Wildman–Crippen MR) is 263 cm³/mol. The third-order valence-corrected chi connectivity index (χ3v) is 14.5. The Morgan fingerprint density at radius 3 is 1.48 bits per heavy atom. The Hall–Kier alpha value is -7.74. The molecule has 10 aromatic carbocycles. The zero-order valence-corrected chi connectivity index (χ0v) is 35.3. The summed E-state index contributed by atoms with van der Waals surface area (Å²) < 4.78 is 0. The van der Waals surface area contributed by atoms with Crippen LogP contribution in [-0.4, -0.2) is 0 Å². The lowest BCUT2D eigenvalue weighted by Gasteiger charge is -2.39. The number of rotatable bonds is 5. The molecule has 1 spiro atoms. The molecule has 0 amide bonds. The highest BCUT2D eigenvalue weighted by Gasteiger charge is 2.51. The summed E-state index contributed by atoms with van der Waals surface area (Å²) in [5, 5.41) is 2.59. The van der Waals surface area contributed by atoms with Gasteiger partial charge in [-0.05, 0) is 125 Å². The van der Waals surface area contributed by atoms with Gasteiger partial charge in [0.2, 0.25) is 0 Å². The predicted octanol–water partition coefficient (Wildman–Crippen LogP) is 16.3. The zero-order chi connectivity index (χ0) is 41.9. The Morgan fingerprint density at radius 2 is 0.825 bits per heavy atom. The van der Waals surface area contributed by atoms with Gasteiger partial charge in [0.25, 0.3) is 0 Å². The molecule has 0 aromatic heterocycles. The van der Waals surface area contributed by atoms with Crippen LogP contribution in [0.3, 0.4) is 0 Å². The molecule has 10 aromatic rings. The Balaban J connectivity index is 1.11. The summed E-state index contributed by atoms with van der Waals surface area (Å²) in [6.45, 7) is 4.83. The molecule has 0 radical (unpaired) electrons. The van der Waals surface area contributed by atoms with Gasteiger partial charge in [-0.1, -0.05) is 208 Å². The molecule has 0 fully saturated rings. The van der Waals surface area contributed by atoms with Gasteiger partial charge in [0.1, 0.15) is 0 Å². The average Bonchev–Trinajstić information content (AvgIpc) is 3.81. The number of hydrogen-bond acceptors (Lipinski definition) is 1. The van der Waals surface area contributed by atoms with Gasteiger partial charge in [-0.3, -0.25) is 0 Å². The molecule has 1 nitrogen and oxygen atoms in total. The van der Waals surface area contributed by atoms with E-state index in [-0.39, 0.29) is 5.41 Å². The summed E-state index contributed by atoms with van der Waals surface area (Å²) in [6.07, 6.45) is 0. The number of benzene rings is 10. The minimum absolute atomic E-state index is 0.246. The van der Waals surface area contributed by atoms with Crippen LogP contribution in [0.1, 0.15) is 47.2 Å². The van der Waals surface area contributed by atoms with E-state index in [2.05, 4.69) is 243 Å². The fraction of sp³-hybridized carbons (Fsp3) is 0.0645. The molecule has 296 valence electrons. The van der Waals surface area contributed by atoms with Crippen molar-refractivity contribution in [1.82, 2.24) is 0 Å². The first-order valence-corrected chi connectivity index (χ1v) is 22.2. The Labute approximate surface area is 369 Å². The number of nitrogens with zero attached hydrogens (tertiary/aromatic N) is 1. The summed E-state index contributed by atoms with van der Waals surface area (Å²) in [4.78, 5) is 2.54. The monoisotopic (exact) mass is 801 g/mol. The maximum Gasteiger partial charge on any atom is 0.0726 e. The van der Waals surface area contributed by atoms with Crippen molar-refractivity contribution in [3.05, 3.63) is 258 Å². The van der Waals surface area contributed by atoms with Gasteiger partial charge >= 0.3 is 0 Å². The van der Waals surface area contributed by atoms with Gasteiger partial charge in [0.15, 0.2) is 0 Å². The topological polar surface area (TPSA) is 3.24 Å². The molecule has 1 heteroatoms. The molecule has 0 heterocycles. The molecule has 3 aliphatic carbocycles. The van der Waals surface area contributed by atoms with Gasteiger partial charge in [0, 0.05) is 22.4 Å². The van der Waals surface area contributed by atoms with Gasteiger partial charge in [-0.2, -0.15) is 0 Å². The minimum Gasteiger partial charge on any atom is -0.310 e. The summed E-state index contributed by atoms with van der Waals surface area (Å²) in [5.41, 5.74) is 23.5. The van der Waals surface area contributed by atoms with E-state index in [0.717, 1.165) is 11.4 Å². The molecule has 3 aliphatic rings. The van der Waals surface area contributed by atoms with E-state index in [9.17, 15) is 0 Å². The van der Waals surface area contributed by atoms with E-state index >= 15 is 0 Å². The highest BCUT2D eigenvalue weighted by atomic mass is 15.1. The van der Waals surface area contributed by atoms with Crippen LogP contribution in [0.4, 0.5) is 17.1 Å². The maximum absolute atomic E-state index is 2.54. The van der Waals surface area contributed by atoms with E-state index in [4.69, 9.17) is 0 Å². The van der Waals surface area contributed by atoms with Crippen LogP contribution in [0.2, 0.25) is 0 Å². The lowest BCUT2D eigenvalue weighted by molar-refractivity contribution is 0.647. The molecule has 0 atom stereocenters. The smallest absolute Gasteiger partial charge is 0.0726 e. The molecule has 63 heavy (non-hydrogen) atoms. The van der Waals surface area contributed by atoms with Gasteiger partial charge in [-0.15, -0.1) is 0 Å². The second-order valence-electron chi connectivity index (χ2n) is 17.9. The summed E-state index contributed by atoms with van der Waals surface area (Å²) >= 11 is 0. The van der Waals surface area contributed by atoms with E-state index in [1.165, 1.54) is 105 Å². The molecule has 0 aliphatic heterocycles. The van der Waals surface area contributed by atoms with Crippen molar-refractivity contribution >= 4 is 27.8 Å². The van der Waals surface area contributed by atoms with E-state index < -0.39 is 5.41 Å². The molecule has 13 rings (SSSR count). The molecule has 0 saturated heterocycles. The average molecular weight is 802 g/mol. The van der Waals surface area contributed by atoms with Crippen LogP contribution in [0.25, 0.3) is 66.4 Å². The van der Waals surface area contributed by atoms with Gasteiger partial charge in [0.05, 0.1) is 11.1 Å². The van der Waals surface area contributed by atoms with Crippen molar-refractivity contribution in [2.24, 2.45) is 0 Å². The molecule has 0 bridgehead atoms. The first-order valence-electron chi connectivity index (χ1n) is 22.2. The second-order valence-corrected chi connectivity index (χ2v) is 17.9. The van der Waals surface area contributed by atoms with Gasteiger partial charge in [-0.25, -0.2) is 0 Å². The number of hydrogen-bond donors (Lipinski definition) is 0. The third-order valence-electron chi connectivity index (χ3n) is 14.5. The molecular weight excluding hydrogens is 759 g/mol. The lowest BCUT2D eigenvalue weighted by atomic mass is 9.66. The third kappa shape index (κ3) is 4.94. The summed E-state index contributed by atoms with van der Waals surface area (Å²) in [7, 11) is 0. The van der Waals surface area contributed by atoms with Crippen LogP contribution in [-0.2, 0) is 10.8 Å². The first kappa shape index (κ1) is 36.0. The van der Waals surface area contributed by atoms with Gasteiger partial charge < -0.3 is 4.90 Å². The minimum atomic E-state index is -0.454. The fourth-order valence-electron chi connectivity index (χ4n) is 11.9. The normalized spacial score (nSPS) is 14.1. The van der Waals surface area contributed by atoms with Crippen LogP contribution in [0, 0.1) is 0 Å².